The molecule has 126 valence electrons. The number of carbonyl (C=O) groups excluding carboxylic acids is 1. The molecule has 7 heteroatoms. The monoisotopic (exact) mass is 327 g/mol. The summed E-state index contributed by atoms with van der Waals surface area (Å²) in [7, 11) is 0. The summed E-state index contributed by atoms with van der Waals surface area (Å²) >= 11 is 0. The quantitative estimate of drug-likeness (QED) is 0.902. The van der Waals surface area contributed by atoms with Crippen LogP contribution in [0.25, 0.3) is 0 Å². The highest BCUT2D eigenvalue weighted by Gasteiger charge is 2.39. The van der Waals surface area contributed by atoms with Crippen molar-refractivity contribution >= 4 is 11.9 Å². The number of hydrogen-bond donors (Lipinski definition) is 1. The third kappa shape index (κ3) is 4.40. The molecule has 0 aliphatic carbocycles. The fourth-order valence-corrected chi connectivity index (χ4v) is 2.70. The predicted molar refractivity (Wildman–Crippen MR) is 78.3 cm³/mol. The molecule has 0 saturated carbocycles. The number of ether oxygens (including phenoxy) is 1. The highest BCUT2D eigenvalue weighted by molar-refractivity contribution is 5.81. The number of hydrogen-bond acceptors (Lipinski definition) is 3. The van der Waals surface area contributed by atoms with Gasteiger partial charge >= 0.3 is 12.6 Å². The van der Waals surface area contributed by atoms with E-state index in [1.165, 1.54) is 12.1 Å². The van der Waals surface area contributed by atoms with E-state index in [2.05, 4.69) is 4.74 Å². The molecular formula is C16H19F2NO4. The third-order valence-electron chi connectivity index (χ3n) is 4.07. The Morgan fingerprint density at radius 1 is 1.35 bits per heavy atom. The predicted octanol–water partition coefficient (Wildman–Crippen LogP) is 2.54. The molecule has 0 spiro atoms. The Hall–Kier alpha value is -2.18. The van der Waals surface area contributed by atoms with Gasteiger partial charge in [-0.2, -0.15) is 8.78 Å². The summed E-state index contributed by atoms with van der Waals surface area (Å²) < 4.78 is 28.4. The number of aliphatic carboxylic acids is 1. The van der Waals surface area contributed by atoms with E-state index in [1.807, 2.05) is 0 Å². The first-order chi connectivity index (χ1) is 10.8. The van der Waals surface area contributed by atoms with Crippen LogP contribution < -0.4 is 4.74 Å². The number of likely N-dealkylation sites (tertiary alicyclic amines) is 1. The summed E-state index contributed by atoms with van der Waals surface area (Å²) in [6, 6.07) is 5.87. The molecule has 1 aliphatic rings. The Labute approximate surface area is 132 Å². The molecule has 23 heavy (non-hydrogen) atoms. The van der Waals surface area contributed by atoms with Crippen molar-refractivity contribution in [2.24, 2.45) is 5.41 Å². The first-order valence-electron chi connectivity index (χ1n) is 7.35. The third-order valence-corrected chi connectivity index (χ3v) is 4.07. The van der Waals surface area contributed by atoms with Crippen LogP contribution >= 0.6 is 0 Å². The van der Waals surface area contributed by atoms with Gasteiger partial charge in [0.1, 0.15) is 5.75 Å². The first-order valence-corrected chi connectivity index (χ1v) is 7.35. The van der Waals surface area contributed by atoms with Crippen molar-refractivity contribution in [3.05, 3.63) is 29.8 Å². The highest BCUT2D eigenvalue weighted by atomic mass is 19.3. The number of amides is 1. The molecule has 1 saturated heterocycles. The van der Waals surface area contributed by atoms with E-state index in [0.717, 1.165) is 0 Å². The molecule has 1 N–H and O–H groups in total. The van der Waals surface area contributed by atoms with Gasteiger partial charge < -0.3 is 14.7 Å². The van der Waals surface area contributed by atoms with Gasteiger partial charge in [0.05, 0.1) is 11.8 Å². The lowest BCUT2D eigenvalue weighted by molar-refractivity contribution is -0.153. The molecule has 1 heterocycles. The molecule has 1 amide bonds. The molecule has 0 bridgehead atoms. The van der Waals surface area contributed by atoms with Crippen LogP contribution in [-0.4, -0.2) is 41.6 Å². The minimum absolute atomic E-state index is 0.0348. The van der Waals surface area contributed by atoms with E-state index in [-0.39, 0.29) is 24.6 Å². The van der Waals surface area contributed by atoms with Gasteiger partial charge in [-0.3, -0.25) is 9.59 Å². The van der Waals surface area contributed by atoms with Crippen LogP contribution in [0.3, 0.4) is 0 Å². The second-order valence-electron chi connectivity index (χ2n) is 5.98. The van der Waals surface area contributed by atoms with Crippen LogP contribution in [0, 0.1) is 5.41 Å². The van der Waals surface area contributed by atoms with E-state index >= 15 is 0 Å². The van der Waals surface area contributed by atoms with Gasteiger partial charge in [-0.15, -0.1) is 0 Å². The standard InChI is InChI=1S/C16H19F2NO4/c1-16(14(21)22)7-2-8-19(10-16)13(20)9-11-3-5-12(6-4-11)23-15(17)18/h3-6,15H,2,7-10H2,1H3,(H,21,22). The average molecular weight is 327 g/mol. The summed E-state index contributed by atoms with van der Waals surface area (Å²) in [5, 5.41) is 9.28. The molecule has 1 aromatic carbocycles. The number of benzene rings is 1. The number of halogens is 2. The van der Waals surface area contributed by atoms with Crippen LogP contribution in [0.4, 0.5) is 8.78 Å². The number of piperidine rings is 1. The number of nitrogens with zero attached hydrogens (tertiary/aromatic N) is 1. The van der Waals surface area contributed by atoms with E-state index in [0.29, 0.717) is 24.9 Å². The summed E-state index contributed by atoms with van der Waals surface area (Å²) in [5.74, 6) is -1.03. The lowest BCUT2D eigenvalue weighted by atomic mass is 9.82. The average Bonchev–Trinajstić information content (AvgIpc) is 2.48. The van der Waals surface area contributed by atoms with Crippen LogP contribution in [0.2, 0.25) is 0 Å². The lowest BCUT2D eigenvalue weighted by Gasteiger charge is -2.37. The Kier molecular flexibility index (Phi) is 5.18. The number of carbonyl (C=O) groups is 2. The lowest BCUT2D eigenvalue weighted by Crippen LogP contribution is -2.48. The number of rotatable bonds is 5. The molecule has 2 rings (SSSR count). The van der Waals surface area contributed by atoms with Crippen molar-refractivity contribution in [2.45, 2.75) is 32.8 Å². The molecule has 1 unspecified atom stereocenters. The molecule has 5 nitrogen and oxygen atoms in total. The molecule has 1 atom stereocenters. The topological polar surface area (TPSA) is 66.8 Å². The van der Waals surface area contributed by atoms with E-state index < -0.39 is 18.0 Å². The van der Waals surface area contributed by atoms with Crippen molar-refractivity contribution in [3.8, 4) is 5.75 Å². The zero-order valence-electron chi connectivity index (χ0n) is 12.8. The summed E-state index contributed by atoms with van der Waals surface area (Å²) in [6.07, 6.45) is 1.30. The Balaban J connectivity index is 1.97. The van der Waals surface area contributed by atoms with Crippen LogP contribution in [0.1, 0.15) is 25.3 Å². The Morgan fingerprint density at radius 2 is 2.00 bits per heavy atom. The zero-order valence-corrected chi connectivity index (χ0v) is 12.8. The van der Waals surface area contributed by atoms with Crippen molar-refractivity contribution in [2.75, 3.05) is 13.1 Å². The highest BCUT2D eigenvalue weighted by Crippen LogP contribution is 2.30. The van der Waals surface area contributed by atoms with Crippen molar-refractivity contribution in [1.29, 1.82) is 0 Å². The number of carboxylic acid groups (broad SMARTS) is 1. The van der Waals surface area contributed by atoms with E-state index in [9.17, 15) is 23.5 Å². The van der Waals surface area contributed by atoms with Gasteiger partial charge in [0.2, 0.25) is 5.91 Å². The molecule has 0 radical (unpaired) electrons. The number of carboxylic acids is 1. The number of alkyl halides is 2. The Morgan fingerprint density at radius 3 is 2.57 bits per heavy atom. The SMILES string of the molecule is CC1(C(=O)O)CCCN(C(=O)Cc2ccc(OC(F)F)cc2)C1. The van der Waals surface area contributed by atoms with Gasteiger partial charge in [0.15, 0.2) is 0 Å². The van der Waals surface area contributed by atoms with Gasteiger partial charge in [0, 0.05) is 13.1 Å². The van der Waals surface area contributed by atoms with Gasteiger partial charge in [0.25, 0.3) is 0 Å². The Bertz CT molecular complexity index is 576. The fourth-order valence-electron chi connectivity index (χ4n) is 2.70. The maximum Gasteiger partial charge on any atom is 0.387 e. The zero-order chi connectivity index (χ0) is 17.0. The summed E-state index contributed by atoms with van der Waals surface area (Å²) in [6.45, 7) is -0.516. The van der Waals surface area contributed by atoms with Crippen LogP contribution in [0.15, 0.2) is 24.3 Å². The normalized spacial score (nSPS) is 21.3. The summed E-state index contributed by atoms with van der Waals surface area (Å²) in [4.78, 5) is 25.2. The van der Waals surface area contributed by atoms with Crippen LogP contribution in [0.5, 0.6) is 5.75 Å². The van der Waals surface area contributed by atoms with Crippen LogP contribution in [-0.2, 0) is 16.0 Å². The molecule has 1 aromatic rings. The minimum atomic E-state index is -2.88. The second-order valence-corrected chi connectivity index (χ2v) is 5.98. The van der Waals surface area contributed by atoms with E-state index in [4.69, 9.17) is 0 Å². The summed E-state index contributed by atoms with van der Waals surface area (Å²) in [5.41, 5.74) is -0.248. The van der Waals surface area contributed by atoms with Gasteiger partial charge in [-0.05, 0) is 37.5 Å². The largest absolute Gasteiger partial charge is 0.481 e. The smallest absolute Gasteiger partial charge is 0.387 e. The maximum atomic E-state index is 12.3. The molecule has 0 aromatic heterocycles. The van der Waals surface area contributed by atoms with Gasteiger partial charge in [-0.25, -0.2) is 0 Å². The second kappa shape index (κ2) is 6.93. The van der Waals surface area contributed by atoms with Crippen molar-refractivity contribution in [3.63, 3.8) is 0 Å². The van der Waals surface area contributed by atoms with Crippen molar-refractivity contribution < 1.29 is 28.2 Å². The molecular weight excluding hydrogens is 308 g/mol. The minimum Gasteiger partial charge on any atom is -0.481 e. The van der Waals surface area contributed by atoms with E-state index in [1.54, 1.807) is 24.0 Å². The van der Waals surface area contributed by atoms with Gasteiger partial charge in [-0.1, -0.05) is 12.1 Å². The fraction of sp³-hybridized carbons (Fsp3) is 0.500. The molecule has 1 fully saturated rings. The maximum absolute atomic E-state index is 12.3. The molecule has 1 aliphatic heterocycles. The van der Waals surface area contributed by atoms with Crippen molar-refractivity contribution in [1.82, 2.24) is 4.90 Å². The first kappa shape index (κ1) is 17.2.